The van der Waals surface area contributed by atoms with E-state index in [0.717, 1.165) is 18.4 Å². The molecule has 0 heterocycles. The van der Waals surface area contributed by atoms with Crippen LogP contribution in [-0.2, 0) is 4.79 Å². The summed E-state index contributed by atoms with van der Waals surface area (Å²) in [6.07, 6.45) is 5.37. The number of aliphatic carboxylic acids is 1. The molecule has 3 N–H and O–H groups in total. The summed E-state index contributed by atoms with van der Waals surface area (Å²) in [5.74, 6) is 1.47. The molecule has 0 saturated heterocycles. The van der Waals surface area contributed by atoms with Crippen LogP contribution in [0, 0.1) is 23.7 Å². The van der Waals surface area contributed by atoms with Gasteiger partial charge in [0.15, 0.2) is 0 Å². The van der Waals surface area contributed by atoms with Crippen molar-refractivity contribution in [2.75, 3.05) is 13.1 Å². The molecular weight excluding hydrogens is 244 g/mol. The summed E-state index contributed by atoms with van der Waals surface area (Å²) < 4.78 is 0. The number of nitrogens with one attached hydrogen (secondary N) is 2. The Hall–Kier alpha value is -1.26. The molecule has 5 nitrogen and oxygen atoms in total. The molecule has 1 unspecified atom stereocenters. The monoisotopic (exact) mass is 268 g/mol. The molecule has 2 rings (SSSR count). The molecule has 2 aliphatic carbocycles. The van der Waals surface area contributed by atoms with Gasteiger partial charge in [-0.15, -0.1) is 0 Å². The first kappa shape index (κ1) is 14.2. The van der Waals surface area contributed by atoms with Crippen molar-refractivity contribution in [2.24, 2.45) is 23.7 Å². The van der Waals surface area contributed by atoms with Gasteiger partial charge in [-0.3, -0.25) is 4.79 Å². The predicted octanol–water partition coefficient (Wildman–Crippen LogP) is 1.83. The van der Waals surface area contributed by atoms with Crippen LogP contribution in [-0.4, -0.2) is 30.2 Å². The zero-order chi connectivity index (χ0) is 13.8. The second-order valence-electron chi connectivity index (χ2n) is 6.13. The molecule has 2 saturated carbocycles. The fourth-order valence-corrected chi connectivity index (χ4v) is 2.68. The summed E-state index contributed by atoms with van der Waals surface area (Å²) in [7, 11) is 0. The molecule has 2 aliphatic rings. The number of rotatable bonds is 8. The molecule has 0 spiro atoms. The maximum Gasteiger partial charge on any atom is 0.314 e. The molecule has 5 heteroatoms. The van der Waals surface area contributed by atoms with Gasteiger partial charge in [-0.2, -0.15) is 0 Å². The quantitative estimate of drug-likeness (QED) is 0.628. The van der Waals surface area contributed by atoms with Crippen LogP contribution < -0.4 is 10.6 Å². The summed E-state index contributed by atoms with van der Waals surface area (Å²) in [4.78, 5) is 22.2. The fraction of sp³-hybridized carbons (Fsp3) is 0.857. The number of hydrogen-bond donors (Lipinski definition) is 3. The molecular formula is C14H24N2O3. The Labute approximate surface area is 114 Å². The molecule has 0 aromatic carbocycles. The molecule has 0 aromatic heterocycles. The minimum Gasteiger partial charge on any atom is -0.481 e. The molecule has 19 heavy (non-hydrogen) atoms. The van der Waals surface area contributed by atoms with Gasteiger partial charge in [0, 0.05) is 19.5 Å². The molecule has 0 aromatic rings. The topological polar surface area (TPSA) is 78.4 Å². The van der Waals surface area contributed by atoms with Crippen molar-refractivity contribution in [3.05, 3.63) is 0 Å². The third-order valence-electron chi connectivity index (χ3n) is 4.09. The number of carboxylic acid groups (broad SMARTS) is 1. The van der Waals surface area contributed by atoms with Crippen LogP contribution >= 0.6 is 0 Å². The van der Waals surface area contributed by atoms with Crippen LogP contribution in [0.25, 0.3) is 0 Å². The van der Waals surface area contributed by atoms with E-state index < -0.39 is 5.97 Å². The zero-order valence-electron chi connectivity index (χ0n) is 11.5. The summed E-state index contributed by atoms with van der Waals surface area (Å²) in [5, 5.41) is 14.3. The van der Waals surface area contributed by atoms with Crippen molar-refractivity contribution >= 4 is 12.0 Å². The van der Waals surface area contributed by atoms with E-state index in [-0.39, 0.29) is 18.4 Å². The fourth-order valence-electron chi connectivity index (χ4n) is 2.68. The minimum absolute atomic E-state index is 0.0362. The maximum absolute atomic E-state index is 11.7. The lowest BCUT2D eigenvalue weighted by molar-refractivity contribution is -0.137. The van der Waals surface area contributed by atoms with Gasteiger partial charge in [-0.1, -0.05) is 6.92 Å². The SMILES string of the molecule is CC(CNC(=O)NCC(C1CC1)C1CC1)CC(=O)O. The van der Waals surface area contributed by atoms with Crippen LogP contribution in [0.1, 0.15) is 39.0 Å². The van der Waals surface area contributed by atoms with Crippen LogP contribution in [0.5, 0.6) is 0 Å². The van der Waals surface area contributed by atoms with E-state index in [1.807, 2.05) is 6.92 Å². The van der Waals surface area contributed by atoms with Crippen molar-refractivity contribution in [3.8, 4) is 0 Å². The van der Waals surface area contributed by atoms with Gasteiger partial charge in [0.25, 0.3) is 0 Å². The molecule has 0 radical (unpaired) electrons. The highest BCUT2D eigenvalue weighted by molar-refractivity contribution is 5.74. The Morgan fingerprint density at radius 1 is 1.11 bits per heavy atom. The first-order valence-corrected chi connectivity index (χ1v) is 7.29. The van der Waals surface area contributed by atoms with Gasteiger partial charge in [-0.05, 0) is 49.4 Å². The van der Waals surface area contributed by atoms with Crippen molar-refractivity contribution in [1.29, 1.82) is 0 Å². The normalized spacial score (nSPS) is 20.1. The van der Waals surface area contributed by atoms with Crippen molar-refractivity contribution < 1.29 is 14.7 Å². The summed E-state index contributed by atoms with van der Waals surface area (Å²) >= 11 is 0. The van der Waals surface area contributed by atoms with E-state index in [2.05, 4.69) is 10.6 Å². The van der Waals surface area contributed by atoms with Crippen LogP contribution in [0.4, 0.5) is 4.79 Å². The van der Waals surface area contributed by atoms with E-state index in [9.17, 15) is 9.59 Å². The van der Waals surface area contributed by atoms with Gasteiger partial charge >= 0.3 is 12.0 Å². The molecule has 0 aliphatic heterocycles. The second kappa shape index (κ2) is 6.26. The largest absolute Gasteiger partial charge is 0.481 e. The predicted molar refractivity (Wildman–Crippen MR) is 71.8 cm³/mol. The first-order chi connectivity index (χ1) is 9.06. The average Bonchev–Trinajstić information content (AvgIpc) is 3.18. The maximum atomic E-state index is 11.7. The van der Waals surface area contributed by atoms with Crippen LogP contribution in [0.2, 0.25) is 0 Å². The highest BCUT2D eigenvalue weighted by atomic mass is 16.4. The Balaban J connectivity index is 1.59. The van der Waals surface area contributed by atoms with Crippen molar-refractivity contribution in [2.45, 2.75) is 39.0 Å². The molecule has 2 amide bonds. The van der Waals surface area contributed by atoms with Crippen molar-refractivity contribution in [3.63, 3.8) is 0 Å². The van der Waals surface area contributed by atoms with E-state index in [4.69, 9.17) is 5.11 Å². The highest BCUT2D eigenvalue weighted by Crippen LogP contribution is 2.48. The second-order valence-corrected chi connectivity index (χ2v) is 6.13. The van der Waals surface area contributed by atoms with E-state index in [0.29, 0.717) is 12.5 Å². The van der Waals surface area contributed by atoms with Crippen LogP contribution in [0.3, 0.4) is 0 Å². The average molecular weight is 268 g/mol. The lowest BCUT2D eigenvalue weighted by atomic mass is 9.98. The standard InChI is InChI=1S/C14H24N2O3/c1-9(6-13(17)18)7-15-14(19)16-8-12(10-2-3-10)11-4-5-11/h9-12H,2-8H2,1H3,(H,17,18)(H2,15,16,19). The number of urea groups is 1. The number of carbonyl (C=O) groups excluding carboxylic acids is 1. The Morgan fingerprint density at radius 3 is 2.11 bits per heavy atom. The molecule has 108 valence electrons. The number of carboxylic acids is 1. The third-order valence-corrected chi connectivity index (χ3v) is 4.09. The Morgan fingerprint density at radius 2 is 1.63 bits per heavy atom. The highest BCUT2D eigenvalue weighted by Gasteiger charge is 2.41. The van der Waals surface area contributed by atoms with Gasteiger partial charge < -0.3 is 15.7 Å². The van der Waals surface area contributed by atoms with Gasteiger partial charge in [0.1, 0.15) is 0 Å². The molecule has 0 bridgehead atoms. The smallest absolute Gasteiger partial charge is 0.314 e. The van der Waals surface area contributed by atoms with E-state index >= 15 is 0 Å². The van der Waals surface area contributed by atoms with E-state index in [1.165, 1.54) is 25.7 Å². The van der Waals surface area contributed by atoms with E-state index in [1.54, 1.807) is 0 Å². The summed E-state index contributed by atoms with van der Waals surface area (Å²) in [6, 6.07) is -0.163. The van der Waals surface area contributed by atoms with Gasteiger partial charge in [0.05, 0.1) is 0 Å². The first-order valence-electron chi connectivity index (χ1n) is 7.29. The van der Waals surface area contributed by atoms with Crippen molar-refractivity contribution in [1.82, 2.24) is 10.6 Å². The lowest BCUT2D eigenvalue weighted by Crippen LogP contribution is -2.41. The Kier molecular flexibility index (Phi) is 4.66. The number of amides is 2. The number of hydrogen-bond acceptors (Lipinski definition) is 2. The summed E-state index contributed by atoms with van der Waals surface area (Å²) in [6.45, 7) is 3.01. The molecule has 2 fully saturated rings. The molecule has 1 atom stereocenters. The number of carbonyl (C=O) groups is 2. The van der Waals surface area contributed by atoms with Gasteiger partial charge in [0.2, 0.25) is 0 Å². The van der Waals surface area contributed by atoms with Gasteiger partial charge in [-0.25, -0.2) is 4.79 Å². The minimum atomic E-state index is -0.822. The summed E-state index contributed by atoms with van der Waals surface area (Å²) in [5.41, 5.74) is 0. The Bertz CT molecular complexity index is 326. The lowest BCUT2D eigenvalue weighted by Gasteiger charge is -2.17. The third kappa shape index (κ3) is 5.09. The zero-order valence-corrected chi connectivity index (χ0v) is 11.5. The van der Waals surface area contributed by atoms with Crippen LogP contribution in [0.15, 0.2) is 0 Å².